The Kier molecular flexibility index (Phi) is 30.4. The first kappa shape index (κ1) is 88.0. The summed E-state index contributed by atoms with van der Waals surface area (Å²) in [6, 6.07) is 3.73. The van der Waals surface area contributed by atoms with Gasteiger partial charge in [0, 0.05) is 171 Å². The van der Waals surface area contributed by atoms with Crippen LogP contribution in [-0.4, -0.2) is 313 Å². The number of nitrogens with two attached hydrogens (primary N) is 5. The Balaban J connectivity index is 0.870. The fraction of sp³-hybridized carbons (Fsp3) is 0.646. The maximum absolute atomic E-state index is 16.2. The quantitative estimate of drug-likeness (QED) is 0.0234. The maximum Gasteiger partial charge on any atom is 0.336 e. The highest BCUT2D eigenvalue weighted by Crippen LogP contribution is 2.43. The predicted molar refractivity (Wildman–Crippen MR) is 423 cm³/mol. The molecule has 7 fully saturated rings. The summed E-state index contributed by atoms with van der Waals surface area (Å²) in [5, 5.41) is 24.1. The topological polar surface area (TPSA) is 471 Å². The van der Waals surface area contributed by atoms with Crippen LogP contribution in [0.1, 0.15) is 133 Å². The van der Waals surface area contributed by atoms with E-state index in [1.165, 1.54) is 76.8 Å². The molecule has 0 aromatic heterocycles. The minimum atomic E-state index is -1.41. The highest BCUT2D eigenvalue weighted by Gasteiger charge is 2.57. The van der Waals surface area contributed by atoms with E-state index in [0.29, 0.717) is 61.9 Å². The SMILES string of the molecule is CC(C)CO[C@H]1C[C@@H](C(=O)N2C[C@@H](OCCCN)C[C@H]2C(=O)N2C[C@@H](OCCCN)C[C@H]2C(=O)N2C[C@@H](OCC(C)C)C[C@H]2C(=O)N2C[C@@H](OCCCN)C[C@H]2C(=O)N2C[C@@H](OCCCN)C[C@H]2C(=O)N2C[C@@H](OCC(C)C)C[C@H]2C(N)=O)N(C(=O)CNC(=O)c2ccc(-c3c4ccc(=O)cc-4oc4cc(O)ccc34)c(C(=O)O)c2)C1. The summed E-state index contributed by atoms with van der Waals surface area (Å²) in [7, 11) is 0. The highest BCUT2D eigenvalue weighted by atomic mass is 16.5. The lowest BCUT2D eigenvalue weighted by Crippen LogP contribution is -2.59. The van der Waals surface area contributed by atoms with Crippen LogP contribution < -0.4 is 39.4 Å². The number of hydrogen-bond acceptors (Lipinski definition) is 24. The third-order valence-corrected chi connectivity index (χ3v) is 22.6. The van der Waals surface area contributed by atoms with Crippen LogP contribution in [0.15, 0.2) is 63.8 Å². The molecule has 636 valence electrons. The van der Waals surface area contributed by atoms with E-state index in [2.05, 4.69) is 5.32 Å². The summed E-state index contributed by atoms with van der Waals surface area (Å²) >= 11 is 0. The number of benzene rings is 3. The van der Waals surface area contributed by atoms with Gasteiger partial charge in [-0.3, -0.25) is 47.9 Å². The second-order valence-electron chi connectivity index (χ2n) is 32.8. The minimum absolute atomic E-state index is 0.00613. The molecule has 8 heterocycles. The number of primary amides is 1. The van der Waals surface area contributed by atoms with Crippen molar-refractivity contribution in [3.05, 3.63) is 75.9 Å². The summed E-state index contributed by atoms with van der Waals surface area (Å²) in [5.41, 5.74) is 29.9. The van der Waals surface area contributed by atoms with Gasteiger partial charge in [-0.2, -0.15) is 0 Å². The number of phenols is 1. The predicted octanol–water partition coefficient (Wildman–Crippen LogP) is 1.45. The number of amides is 9. The van der Waals surface area contributed by atoms with Gasteiger partial charge in [-0.15, -0.1) is 0 Å². The molecule has 116 heavy (non-hydrogen) atoms. The summed E-state index contributed by atoms with van der Waals surface area (Å²) < 4.78 is 50.3. The molecule has 34 nitrogen and oxygen atoms in total. The van der Waals surface area contributed by atoms with Gasteiger partial charge in [0.25, 0.3) is 5.91 Å². The second-order valence-corrected chi connectivity index (χ2v) is 32.8. The van der Waals surface area contributed by atoms with Crippen LogP contribution >= 0.6 is 0 Å². The van der Waals surface area contributed by atoms with Gasteiger partial charge in [0.15, 0.2) is 5.43 Å². The number of carbonyl (C=O) groups excluding carboxylic acids is 9. The lowest BCUT2D eigenvalue weighted by Gasteiger charge is -2.36. The number of nitrogens with zero attached hydrogens (tertiary/aromatic N) is 7. The zero-order chi connectivity index (χ0) is 83.3. The number of likely N-dealkylation sites (tertiary alicyclic amines) is 7. The van der Waals surface area contributed by atoms with E-state index < -0.39 is 151 Å². The van der Waals surface area contributed by atoms with Crippen molar-refractivity contribution in [2.45, 2.75) is 197 Å². The van der Waals surface area contributed by atoms with Gasteiger partial charge in [-0.05, 0) is 112 Å². The largest absolute Gasteiger partial charge is 0.508 e. The van der Waals surface area contributed by atoms with E-state index in [4.69, 9.17) is 66.2 Å². The summed E-state index contributed by atoms with van der Waals surface area (Å²) in [6.45, 7) is 13.5. The molecule has 0 saturated carbocycles. The standard InChI is InChI=1S/C82H117N13O21/c1-46(2)43-113-56-28-63(74(87)99)90(41-56)77(102)65-29-52(109-21-7-17-83)38-92(65)79(104)67-31-54(111-23-9-19-85)40-94(67)81(106)69-34-58(115-45-48(5)6)42-95(69)80(105)68-32-55(112-24-10-20-86)39-93(68)78(103)66-30-53(110-22-8-18-84)37-91(66)76(101)64-33-57(114-44-47(3)4)36-89(64)72(98)35-88-75(100)49-11-14-59(62(25-49)82(107)108)73-60-15-12-50(96)26-70(60)116-71-27-51(97)13-16-61(71)73/h11-16,25-27,46-48,52-58,63-69,96H,7-10,17-24,28-45,83-86H2,1-6H3,(H2,87,99)(H,88,100)(H,107,108)/t52-,53-,54-,55-,56-,57-,58-,63-,64-,65-,66-,67-,68-,69-/m0/s1. The number of aromatic hydroxyl groups is 1. The fourth-order valence-electron chi connectivity index (χ4n) is 16.9. The first-order chi connectivity index (χ1) is 55.6. The third-order valence-electron chi connectivity index (χ3n) is 22.6. The first-order valence-electron chi connectivity index (χ1n) is 41.0. The average molecular weight is 1620 g/mol. The zero-order valence-corrected chi connectivity index (χ0v) is 67.4. The van der Waals surface area contributed by atoms with Crippen LogP contribution in [0, 0.1) is 17.8 Å². The van der Waals surface area contributed by atoms with E-state index >= 15 is 28.8 Å². The lowest BCUT2D eigenvalue weighted by molar-refractivity contribution is -0.155. The van der Waals surface area contributed by atoms with E-state index in [0.717, 1.165) is 6.07 Å². The Morgan fingerprint density at radius 2 is 0.793 bits per heavy atom. The number of aromatic carboxylic acids is 1. The van der Waals surface area contributed by atoms with Gasteiger partial charge in [-0.25, -0.2) is 4.79 Å². The molecule has 0 spiro atoms. The Labute approximate surface area is 675 Å². The smallest absolute Gasteiger partial charge is 0.336 e. The molecule has 0 radical (unpaired) electrons. The van der Waals surface area contributed by atoms with Crippen molar-refractivity contribution >= 4 is 70.1 Å². The fourth-order valence-corrected chi connectivity index (χ4v) is 16.9. The van der Waals surface area contributed by atoms with Gasteiger partial charge in [0.1, 0.15) is 59.4 Å². The monoisotopic (exact) mass is 1620 g/mol. The van der Waals surface area contributed by atoms with Crippen LogP contribution in [0.3, 0.4) is 0 Å². The van der Waals surface area contributed by atoms with Crippen molar-refractivity contribution in [3.8, 4) is 28.2 Å². The molecule has 8 aliphatic heterocycles. The van der Waals surface area contributed by atoms with Crippen LogP contribution in [0.25, 0.3) is 33.4 Å². The molecule has 0 unspecified atom stereocenters. The molecule has 1 aliphatic carbocycles. The van der Waals surface area contributed by atoms with Gasteiger partial charge in [0.05, 0.1) is 54.8 Å². The molecule has 9 aliphatic rings. The molecule has 9 amide bonds. The molecule has 2 aromatic carbocycles. The molecule has 13 N–H and O–H groups in total. The van der Waals surface area contributed by atoms with Crippen LogP contribution in [0.4, 0.5) is 0 Å². The number of nitrogens with one attached hydrogen (secondary N) is 1. The Bertz CT molecular complexity index is 4180. The number of carbonyl (C=O) groups is 10. The van der Waals surface area contributed by atoms with E-state index in [9.17, 15) is 34.2 Å². The van der Waals surface area contributed by atoms with Gasteiger partial charge >= 0.3 is 5.97 Å². The van der Waals surface area contributed by atoms with Crippen LogP contribution in [-0.2, 0) is 71.5 Å². The molecule has 11 rings (SSSR count). The summed E-state index contributed by atoms with van der Waals surface area (Å²) in [6.07, 6.45) is -2.73. The van der Waals surface area contributed by atoms with Crippen molar-refractivity contribution in [2.24, 2.45) is 46.4 Å². The second kappa shape index (κ2) is 40.1. The highest BCUT2D eigenvalue weighted by molar-refractivity contribution is 6.09. The van der Waals surface area contributed by atoms with E-state index in [-0.39, 0.29) is 200 Å². The number of phenolic OH excluding ortho intramolecular Hbond substituents is 1. The summed E-state index contributed by atoms with van der Waals surface area (Å²) in [5.74, 6) is -7.06. The Morgan fingerprint density at radius 1 is 0.448 bits per heavy atom. The van der Waals surface area contributed by atoms with Gasteiger partial charge in [-0.1, -0.05) is 47.6 Å². The molecule has 2 aromatic rings. The van der Waals surface area contributed by atoms with Crippen molar-refractivity contribution < 1.29 is 95.7 Å². The summed E-state index contributed by atoms with van der Waals surface area (Å²) in [4.78, 5) is 173. The van der Waals surface area contributed by atoms with Gasteiger partial charge in [0.2, 0.25) is 47.3 Å². The number of hydrogen-bond donors (Lipinski definition) is 8. The van der Waals surface area contributed by atoms with Crippen molar-refractivity contribution in [1.82, 2.24) is 39.6 Å². The Morgan fingerprint density at radius 3 is 1.16 bits per heavy atom. The lowest BCUT2D eigenvalue weighted by atomic mass is 9.90. The number of rotatable bonds is 37. The minimum Gasteiger partial charge on any atom is -0.508 e. The van der Waals surface area contributed by atoms with Gasteiger partial charge < -0.3 is 116 Å². The molecular weight excluding hydrogens is 1500 g/mol. The van der Waals surface area contributed by atoms with Crippen LogP contribution in [0.5, 0.6) is 5.75 Å². The number of carboxylic acids is 1. The van der Waals surface area contributed by atoms with Crippen molar-refractivity contribution in [2.75, 3.05) is 125 Å². The van der Waals surface area contributed by atoms with Crippen molar-refractivity contribution in [3.63, 3.8) is 0 Å². The zero-order valence-electron chi connectivity index (χ0n) is 67.4. The molecule has 0 bridgehead atoms. The number of ether oxygens (including phenoxy) is 7. The first-order valence-corrected chi connectivity index (χ1v) is 41.0. The van der Waals surface area contributed by atoms with E-state index in [1.807, 2.05) is 41.5 Å². The number of fused-ring (bicyclic) bond motifs is 2. The third kappa shape index (κ3) is 20.8. The van der Waals surface area contributed by atoms with E-state index in [1.54, 1.807) is 6.07 Å². The molecular formula is C82H117N13O21. The average Bonchev–Trinajstić information content (AvgIpc) is 1.57. The maximum atomic E-state index is 16.2. The molecule has 34 heteroatoms. The molecule has 7 saturated heterocycles. The Hall–Kier alpha value is -8.81. The number of carboxylic acid groups (broad SMARTS) is 1. The van der Waals surface area contributed by atoms with Crippen molar-refractivity contribution in [1.29, 1.82) is 0 Å². The van der Waals surface area contributed by atoms with Crippen LogP contribution in [0.2, 0.25) is 0 Å². The molecule has 14 atom stereocenters. The normalized spacial score (nSPS) is 25.5.